The molecule has 1 aromatic heterocycles. The van der Waals surface area contributed by atoms with Crippen molar-refractivity contribution < 1.29 is 33.1 Å². The van der Waals surface area contributed by atoms with Gasteiger partial charge in [-0.3, -0.25) is 14.3 Å². The summed E-state index contributed by atoms with van der Waals surface area (Å²) in [7, 11) is 0. The van der Waals surface area contributed by atoms with Gasteiger partial charge in [0.2, 0.25) is 0 Å². The first-order valence-corrected chi connectivity index (χ1v) is 13.2. The largest absolute Gasteiger partial charge is 0.466 e. The van der Waals surface area contributed by atoms with E-state index >= 15 is 0 Å². The van der Waals surface area contributed by atoms with Crippen LogP contribution in [0.15, 0.2) is 39.6 Å². The molecule has 0 aliphatic carbocycles. The lowest BCUT2D eigenvalue weighted by Crippen LogP contribution is -2.46. The maximum Gasteiger partial charge on any atom is 0.438 e. The van der Waals surface area contributed by atoms with Crippen molar-refractivity contribution in [1.29, 1.82) is 0 Å². The Hall–Kier alpha value is -3.83. The quantitative estimate of drug-likeness (QED) is 0.245. The molecule has 3 rings (SSSR count). The third kappa shape index (κ3) is 9.45. The maximum atomic E-state index is 13.1. The minimum Gasteiger partial charge on any atom is -0.466 e. The summed E-state index contributed by atoms with van der Waals surface area (Å²) in [5.74, 6) is -1.59. The lowest BCUT2D eigenvalue weighted by atomic mass is 9.84. The van der Waals surface area contributed by atoms with Gasteiger partial charge >= 0.3 is 23.9 Å². The number of hydrogen-bond acceptors (Lipinski definition) is 9. The number of aromatic amines is 1. The van der Waals surface area contributed by atoms with Gasteiger partial charge in [0.25, 0.3) is 0 Å². The Bertz CT molecular complexity index is 1140. The molecular weight excluding hydrogens is 508 g/mol. The maximum absolute atomic E-state index is 13.1. The number of H-pyrrole nitrogens is 1. The Morgan fingerprint density at radius 1 is 1.15 bits per heavy atom. The van der Waals surface area contributed by atoms with Crippen molar-refractivity contribution in [3.8, 4) is 0 Å². The highest BCUT2D eigenvalue weighted by Crippen LogP contribution is 2.31. The number of unbranched alkanes of at least 4 members (excludes halogenated alkanes) is 1. The lowest BCUT2D eigenvalue weighted by Gasteiger charge is -2.28. The van der Waals surface area contributed by atoms with E-state index in [9.17, 15) is 19.2 Å². The lowest BCUT2D eigenvalue weighted by molar-refractivity contribution is -0.150. The standard InChI is InChI=1S/C27H38N4O8/c1-5-36-23(32)19(13-9-10-14-22-29-25(34)39-30-22)20-15-31(16-21(20)28-24(33)38-27(2,3)4)26(35)37-17-18-11-7-6-8-12-18/h6-8,11-12,19-21H,5,9-10,13-17H2,1-4H3,(H,28,33)(H,29,30,34). The van der Waals surface area contributed by atoms with Gasteiger partial charge in [0.15, 0.2) is 5.82 Å². The summed E-state index contributed by atoms with van der Waals surface area (Å²) in [6.07, 6.45) is 1.02. The molecule has 0 bridgehead atoms. The van der Waals surface area contributed by atoms with E-state index in [-0.39, 0.29) is 26.3 Å². The molecule has 2 N–H and O–H groups in total. The first-order chi connectivity index (χ1) is 18.6. The van der Waals surface area contributed by atoms with Crippen LogP contribution in [0.5, 0.6) is 0 Å². The Morgan fingerprint density at radius 3 is 2.54 bits per heavy atom. The zero-order valence-corrected chi connectivity index (χ0v) is 22.9. The minimum absolute atomic E-state index is 0.108. The van der Waals surface area contributed by atoms with Crippen molar-refractivity contribution >= 4 is 18.2 Å². The van der Waals surface area contributed by atoms with E-state index in [1.165, 1.54) is 4.90 Å². The van der Waals surface area contributed by atoms with Crippen molar-refractivity contribution in [3.63, 3.8) is 0 Å². The van der Waals surface area contributed by atoms with Gasteiger partial charge < -0.3 is 24.4 Å². The monoisotopic (exact) mass is 546 g/mol. The number of rotatable bonds is 11. The van der Waals surface area contributed by atoms with Gasteiger partial charge in [0.05, 0.1) is 18.6 Å². The molecule has 1 aromatic carbocycles. The second kappa shape index (κ2) is 13.8. The van der Waals surface area contributed by atoms with Crippen LogP contribution in [0.4, 0.5) is 9.59 Å². The first kappa shape index (κ1) is 29.7. The highest BCUT2D eigenvalue weighted by atomic mass is 16.6. The molecule has 0 saturated carbocycles. The van der Waals surface area contributed by atoms with Gasteiger partial charge in [-0.1, -0.05) is 41.9 Å². The van der Waals surface area contributed by atoms with E-state index < -0.39 is 47.4 Å². The molecule has 39 heavy (non-hydrogen) atoms. The Kier molecular flexibility index (Phi) is 10.5. The summed E-state index contributed by atoms with van der Waals surface area (Å²) in [6.45, 7) is 7.68. The van der Waals surface area contributed by atoms with Gasteiger partial charge in [-0.05, 0) is 46.1 Å². The molecule has 0 radical (unpaired) electrons. The number of aromatic nitrogens is 2. The molecule has 3 unspecified atom stereocenters. The number of ether oxygens (including phenoxy) is 3. The molecule has 214 valence electrons. The predicted molar refractivity (Wildman–Crippen MR) is 140 cm³/mol. The number of benzene rings is 1. The zero-order chi connectivity index (χ0) is 28.4. The third-order valence-electron chi connectivity index (χ3n) is 6.30. The van der Waals surface area contributed by atoms with Crippen LogP contribution in [0.2, 0.25) is 0 Å². The molecule has 12 nitrogen and oxygen atoms in total. The number of amides is 2. The smallest absolute Gasteiger partial charge is 0.438 e. The van der Waals surface area contributed by atoms with Crippen LogP contribution in [-0.4, -0.2) is 64.5 Å². The van der Waals surface area contributed by atoms with E-state index in [2.05, 4.69) is 20.0 Å². The van der Waals surface area contributed by atoms with Crippen molar-refractivity contribution in [2.45, 2.75) is 71.6 Å². The fourth-order valence-corrected chi connectivity index (χ4v) is 4.59. The normalized spacial score (nSPS) is 17.9. The summed E-state index contributed by atoms with van der Waals surface area (Å²) in [5, 5.41) is 6.52. The molecule has 2 heterocycles. The van der Waals surface area contributed by atoms with Crippen LogP contribution in [0.1, 0.15) is 58.3 Å². The van der Waals surface area contributed by atoms with Gasteiger partial charge in [0.1, 0.15) is 12.2 Å². The molecule has 1 aliphatic rings. The van der Waals surface area contributed by atoms with Crippen LogP contribution in [0, 0.1) is 11.8 Å². The summed E-state index contributed by atoms with van der Waals surface area (Å²) in [4.78, 5) is 53.9. The highest BCUT2D eigenvalue weighted by Gasteiger charge is 2.44. The number of nitrogens with zero attached hydrogens (tertiary/aromatic N) is 2. The fraction of sp³-hybridized carbons (Fsp3) is 0.593. The Morgan fingerprint density at radius 2 is 1.90 bits per heavy atom. The zero-order valence-electron chi connectivity index (χ0n) is 22.9. The first-order valence-electron chi connectivity index (χ1n) is 13.2. The number of likely N-dealkylation sites (tertiary alicyclic amines) is 1. The topological polar surface area (TPSA) is 153 Å². The molecule has 12 heteroatoms. The summed E-state index contributed by atoms with van der Waals surface area (Å²) in [5.41, 5.74) is 0.137. The molecule has 1 fully saturated rings. The van der Waals surface area contributed by atoms with E-state index in [0.717, 1.165) is 5.56 Å². The van der Waals surface area contributed by atoms with Crippen LogP contribution in [0.3, 0.4) is 0 Å². The third-order valence-corrected chi connectivity index (χ3v) is 6.30. The Labute approximate surface area is 227 Å². The molecule has 2 amide bonds. The Balaban J connectivity index is 1.71. The molecule has 3 atom stereocenters. The number of esters is 1. The van der Waals surface area contributed by atoms with Gasteiger partial charge in [0, 0.05) is 25.4 Å². The van der Waals surface area contributed by atoms with Crippen LogP contribution in [0.25, 0.3) is 0 Å². The second-order valence-electron chi connectivity index (χ2n) is 10.5. The number of aryl methyl sites for hydroxylation is 1. The minimum atomic E-state index is -0.713. The number of carbonyl (C=O) groups excluding carboxylic acids is 3. The van der Waals surface area contributed by atoms with Crippen LogP contribution < -0.4 is 11.1 Å². The van der Waals surface area contributed by atoms with Crippen LogP contribution >= 0.6 is 0 Å². The average Bonchev–Trinajstić information content (AvgIpc) is 3.48. The fourth-order valence-electron chi connectivity index (χ4n) is 4.59. The molecule has 1 saturated heterocycles. The van der Waals surface area contributed by atoms with E-state index in [1.807, 2.05) is 30.3 Å². The van der Waals surface area contributed by atoms with E-state index in [4.69, 9.17) is 14.2 Å². The van der Waals surface area contributed by atoms with Gasteiger partial charge in [-0.25, -0.2) is 14.4 Å². The summed E-state index contributed by atoms with van der Waals surface area (Å²) >= 11 is 0. The molecule has 1 aliphatic heterocycles. The van der Waals surface area contributed by atoms with Crippen molar-refractivity contribution in [2.24, 2.45) is 11.8 Å². The highest BCUT2D eigenvalue weighted by molar-refractivity contribution is 5.74. The molecular formula is C27H38N4O8. The van der Waals surface area contributed by atoms with Crippen molar-refractivity contribution in [2.75, 3.05) is 19.7 Å². The molecule has 2 aromatic rings. The molecule has 0 spiro atoms. The number of nitrogens with one attached hydrogen (secondary N) is 2. The predicted octanol–water partition coefficient (Wildman–Crippen LogP) is 3.42. The van der Waals surface area contributed by atoms with E-state index in [1.54, 1.807) is 27.7 Å². The average molecular weight is 547 g/mol. The second-order valence-corrected chi connectivity index (χ2v) is 10.5. The number of alkyl carbamates (subject to hydrolysis) is 1. The SMILES string of the molecule is CCOC(=O)C(CCCCc1noc(=O)[nH]1)C1CN(C(=O)OCc2ccccc2)CC1NC(=O)OC(C)(C)C. The number of hydrogen-bond donors (Lipinski definition) is 2. The van der Waals surface area contributed by atoms with Crippen molar-refractivity contribution in [1.82, 2.24) is 20.4 Å². The number of carbonyl (C=O) groups is 3. The summed E-state index contributed by atoms with van der Waals surface area (Å²) < 4.78 is 20.9. The van der Waals surface area contributed by atoms with Gasteiger partial charge in [-0.2, -0.15) is 0 Å². The van der Waals surface area contributed by atoms with Crippen molar-refractivity contribution in [3.05, 3.63) is 52.3 Å². The van der Waals surface area contributed by atoms with Crippen LogP contribution in [-0.2, 0) is 32.0 Å². The summed E-state index contributed by atoms with van der Waals surface area (Å²) in [6, 6.07) is 8.77. The van der Waals surface area contributed by atoms with E-state index in [0.29, 0.717) is 31.5 Å². The van der Waals surface area contributed by atoms with Gasteiger partial charge in [-0.15, -0.1) is 0 Å².